The SMILES string of the molecule is COC(=O)N[C@H](C(=O)N1CCC2(CCC2)CC1C(=O)N[C@@H](CCC(C)(F)F)C(=O)C(=O)NC1CC1)C(C)(C)C. The van der Waals surface area contributed by atoms with Gasteiger partial charge in [-0.2, -0.15) is 0 Å². The number of ketones is 1. The van der Waals surface area contributed by atoms with Gasteiger partial charge in [0.05, 0.1) is 13.2 Å². The van der Waals surface area contributed by atoms with E-state index < -0.39 is 71.9 Å². The number of methoxy groups -OCH3 is 1. The van der Waals surface area contributed by atoms with Gasteiger partial charge in [-0.25, -0.2) is 13.6 Å². The van der Waals surface area contributed by atoms with Gasteiger partial charge >= 0.3 is 6.09 Å². The van der Waals surface area contributed by atoms with Gasteiger partial charge in [0.15, 0.2) is 0 Å². The lowest BCUT2D eigenvalue weighted by atomic mass is 9.61. The Morgan fingerprint density at radius 3 is 2.15 bits per heavy atom. The molecule has 2 saturated carbocycles. The Bertz CT molecular complexity index is 968. The summed E-state index contributed by atoms with van der Waals surface area (Å²) >= 11 is 0. The van der Waals surface area contributed by atoms with Crippen molar-refractivity contribution in [3.63, 3.8) is 0 Å². The molecule has 3 rings (SSSR count). The van der Waals surface area contributed by atoms with Crippen molar-refractivity contribution >= 4 is 29.6 Å². The lowest BCUT2D eigenvalue weighted by Crippen LogP contribution is -2.64. The summed E-state index contributed by atoms with van der Waals surface area (Å²) < 4.78 is 32.1. The average molecular weight is 557 g/mol. The standard InChI is InChI=1S/C27H42F2N4O6/c1-25(2,3)20(32-24(38)39-5)23(37)33-14-13-27(10-6-11-27)15-18(33)21(35)31-17(9-12-26(4,28)29)19(34)22(36)30-16-7-8-16/h16-18,20H,6-15H2,1-5H3,(H,30,36)(H,31,35)(H,32,38)/t17-,18?,20+/m0/s1. The maximum Gasteiger partial charge on any atom is 0.407 e. The van der Waals surface area contributed by atoms with E-state index in [9.17, 15) is 32.8 Å². The largest absolute Gasteiger partial charge is 0.453 e. The zero-order valence-electron chi connectivity index (χ0n) is 23.5. The van der Waals surface area contributed by atoms with Gasteiger partial charge in [-0.15, -0.1) is 0 Å². The van der Waals surface area contributed by atoms with E-state index in [1.807, 2.05) is 0 Å². The fourth-order valence-corrected chi connectivity index (χ4v) is 5.33. The Balaban J connectivity index is 1.84. The smallest absolute Gasteiger partial charge is 0.407 e. The number of carbonyl (C=O) groups is 5. The number of alkyl carbamates (subject to hydrolysis) is 1. The summed E-state index contributed by atoms with van der Waals surface area (Å²) in [6.45, 7) is 6.30. The first-order valence-corrected chi connectivity index (χ1v) is 13.7. The number of hydrogen-bond acceptors (Lipinski definition) is 6. The molecule has 12 heteroatoms. The van der Waals surface area contributed by atoms with Crippen LogP contribution >= 0.6 is 0 Å². The number of ether oxygens (including phenoxy) is 1. The van der Waals surface area contributed by atoms with Gasteiger partial charge in [0.1, 0.15) is 12.1 Å². The van der Waals surface area contributed by atoms with Crippen molar-refractivity contribution in [1.82, 2.24) is 20.9 Å². The highest BCUT2D eigenvalue weighted by atomic mass is 19.3. The van der Waals surface area contributed by atoms with E-state index in [2.05, 4.69) is 16.0 Å². The van der Waals surface area contributed by atoms with Gasteiger partial charge in [0.25, 0.3) is 5.91 Å². The second kappa shape index (κ2) is 11.8. The van der Waals surface area contributed by atoms with Crippen LogP contribution in [0.25, 0.3) is 0 Å². The Kier molecular flexibility index (Phi) is 9.27. The van der Waals surface area contributed by atoms with E-state index in [0.717, 1.165) is 32.1 Å². The summed E-state index contributed by atoms with van der Waals surface area (Å²) in [6, 6.07) is -3.56. The second-order valence-electron chi connectivity index (χ2n) is 12.6. The van der Waals surface area contributed by atoms with Crippen LogP contribution in [0.1, 0.15) is 85.5 Å². The number of amides is 4. The third-order valence-corrected chi connectivity index (χ3v) is 8.09. The average Bonchev–Trinajstić information content (AvgIpc) is 3.65. The summed E-state index contributed by atoms with van der Waals surface area (Å²) in [4.78, 5) is 66.3. The normalized spacial score (nSPS) is 22.2. The Hall–Kier alpha value is -2.79. The minimum atomic E-state index is -3.10. The van der Waals surface area contributed by atoms with Crippen molar-refractivity contribution in [3.8, 4) is 0 Å². The third-order valence-electron chi connectivity index (χ3n) is 8.09. The number of alkyl halides is 2. The number of hydrogen-bond donors (Lipinski definition) is 3. The van der Waals surface area contributed by atoms with E-state index in [1.165, 1.54) is 12.0 Å². The molecule has 220 valence electrons. The topological polar surface area (TPSA) is 134 Å². The molecule has 1 heterocycles. The highest BCUT2D eigenvalue weighted by Crippen LogP contribution is 2.50. The Morgan fingerprint density at radius 2 is 1.67 bits per heavy atom. The molecule has 3 fully saturated rings. The van der Waals surface area contributed by atoms with Gasteiger partial charge in [-0.1, -0.05) is 27.2 Å². The number of nitrogens with zero attached hydrogens (tertiary/aromatic N) is 1. The van der Waals surface area contributed by atoms with Crippen molar-refractivity contribution < 1.29 is 37.5 Å². The predicted molar refractivity (Wildman–Crippen MR) is 138 cm³/mol. The molecular weight excluding hydrogens is 514 g/mol. The number of rotatable bonds is 10. The van der Waals surface area contributed by atoms with E-state index in [4.69, 9.17) is 4.74 Å². The zero-order chi connectivity index (χ0) is 29.2. The van der Waals surface area contributed by atoms with Crippen molar-refractivity contribution in [2.45, 2.75) is 116 Å². The highest BCUT2D eigenvalue weighted by molar-refractivity contribution is 6.38. The first-order valence-electron chi connectivity index (χ1n) is 13.7. The number of halogens is 2. The second-order valence-corrected chi connectivity index (χ2v) is 12.6. The molecule has 4 amide bonds. The number of likely N-dealkylation sites (tertiary alicyclic amines) is 1. The molecule has 10 nitrogen and oxygen atoms in total. The summed E-state index contributed by atoms with van der Waals surface area (Å²) in [5, 5.41) is 7.67. The maximum absolute atomic E-state index is 13.8. The molecule has 1 saturated heterocycles. The molecule has 0 aromatic rings. The molecule has 0 aromatic carbocycles. The van der Waals surface area contributed by atoms with E-state index >= 15 is 0 Å². The van der Waals surface area contributed by atoms with Gasteiger partial charge in [0, 0.05) is 19.0 Å². The van der Waals surface area contributed by atoms with E-state index in [1.54, 1.807) is 20.8 Å². The molecule has 2 aliphatic carbocycles. The fourth-order valence-electron chi connectivity index (χ4n) is 5.33. The minimum Gasteiger partial charge on any atom is -0.453 e. The van der Waals surface area contributed by atoms with Crippen LogP contribution in [0.15, 0.2) is 0 Å². The van der Waals surface area contributed by atoms with Gasteiger partial charge in [-0.3, -0.25) is 19.2 Å². The lowest BCUT2D eigenvalue weighted by molar-refractivity contribution is -0.151. The van der Waals surface area contributed by atoms with E-state index in [0.29, 0.717) is 19.8 Å². The van der Waals surface area contributed by atoms with Crippen molar-refractivity contribution in [2.24, 2.45) is 10.8 Å². The number of Topliss-reactive ketones (excluding diaryl/α,β-unsaturated/α-hetero) is 1. The third kappa shape index (κ3) is 8.11. The van der Waals surface area contributed by atoms with E-state index in [-0.39, 0.29) is 18.0 Å². The van der Waals surface area contributed by atoms with Crippen molar-refractivity contribution in [2.75, 3.05) is 13.7 Å². The molecule has 3 atom stereocenters. The Labute approximate surface area is 228 Å². The van der Waals surface area contributed by atoms with Crippen LogP contribution in [0, 0.1) is 10.8 Å². The number of nitrogens with one attached hydrogen (secondary N) is 3. The number of carbonyl (C=O) groups excluding carboxylic acids is 5. The maximum atomic E-state index is 13.8. The minimum absolute atomic E-state index is 0.119. The summed E-state index contributed by atoms with van der Waals surface area (Å²) in [5.74, 6) is -6.14. The molecular formula is C27H42F2N4O6. The van der Waals surface area contributed by atoms with Crippen LogP contribution in [0.2, 0.25) is 0 Å². The monoisotopic (exact) mass is 556 g/mol. The first kappa shape index (κ1) is 30.7. The van der Waals surface area contributed by atoms with Crippen LogP contribution < -0.4 is 16.0 Å². The molecule has 1 unspecified atom stereocenters. The molecule has 3 N–H and O–H groups in total. The fraction of sp³-hybridized carbons (Fsp3) is 0.815. The molecule has 1 spiro atoms. The molecule has 0 aromatic heterocycles. The van der Waals surface area contributed by atoms with Crippen LogP contribution in [0.4, 0.5) is 13.6 Å². The Morgan fingerprint density at radius 1 is 1.03 bits per heavy atom. The number of piperidine rings is 1. The molecule has 39 heavy (non-hydrogen) atoms. The lowest BCUT2D eigenvalue weighted by Gasteiger charge is -2.52. The van der Waals surface area contributed by atoms with Gasteiger partial charge < -0.3 is 25.6 Å². The quantitative estimate of drug-likeness (QED) is 0.354. The summed E-state index contributed by atoms with van der Waals surface area (Å²) in [6.07, 6.45) is 3.39. The highest BCUT2D eigenvalue weighted by Gasteiger charge is 2.50. The van der Waals surface area contributed by atoms with Crippen molar-refractivity contribution in [3.05, 3.63) is 0 Å². The predicted octanol–water partition coefficient (Wildman–Crippen LogP) is 2.69. The first-order chi connectivity index (χ1) is 18.0. The summed E-state index contributed by atoms with van der Waals surface area (Å²) in [7, 11) is 1.19. The molecule has 0 radical (unpaired) electrons. The molecule has 1 aliphatic heterocycles. The van der Waals surface area contributed by atoms with Crippen molar-refractivity contribution in [1.29, 1.82) is 0 Å². The molecule has 3 aliphatic rings. The van der Waals surface area contributed by atoms with Gasteiger partial charge in [-0.05, 0) is 62.7 Å². The summed E-state index contributed by atoms with van der Waals surface area (Å²) in [5.41, 5.74) is -0.838. The van der Waals surface area contributed by atoms with Crippen LogP contribution in [-0.4, -0.2) is 78.2 Å². The van der Waals surface area contributed by atoms with Crippen LogP contribution in [-0.2, 0) is 23.9 Å². The van der Waals surface area contributed by atoms with Crippen LogP contribution in [0.3, 0.4) is 0 Å². The van der Waals surface area contributed by atoms with Gasteiger partial charge in [0.2, 0.25) is 23.5 Å². The van der Waals surface area contributed by atoms with Crippen LogP contribution in [0.5, 0.6) is 0 Å². The molecule has 0 bridgehead atoms. The zero-order valence-corrected chi connectivity index (χ0v) is 23.5.